The molecule has 1 atom stereocenters. The predicted octanol–water partition coefficient (Wildman–Crippen LogP) is 2.81. The fraction of sp³-hybridized carbons (Fsp3) is 0.381. The van der Waals surface area contributed by atoms with Crippen LogP contribution < -0.4 is 14.8 Å². The van der Waals surface area contributed by atoms with Gasteiger partial charge in [-0.05, 0) is 31.0 Å². The number of carbonyl (C=O) groups is 1. The zero-order chi connectivity index (χ0) is 21.4. The molecule has 1 amide bonds. The van der Waals surface area contributed by atoms with Gasteiger partial charge in [0.05, 0.1) is 25.7 Å². The topological polar surface area (TPSA) is 84.9 Å². The molecule has 0 aliphatic carbocycles. The van der Waals surface area contributed by atoms with E-state index in [4.69, 9.17) is 9.47 Å². The third-order valence-corrected chi connectivity index (χ3v) is 6.32. The Morgan fingerprint density at radius 3 is 2.31 bits per heavy atom. The van der Waals surface area contributed by atoms with E-state index >= 15 is 0 Å². The summed E-state index contributed by atoms with van der Waals surface area (Å²) in [4.78, 5) is 12.5. The Morgan fingerprint density at radius 2 is 1.72 bits per heavy atom. The van der Waals surface area contributed by atoms with E-state index in [0.29, 0.717) is 11.5 Å². The molecule has 0 radical (unpaired) electrons. The lowest BCUT2D eigenvalue weighted by Gasteiger charge is -2.23. The molecule has 0 aliphatic heterocycles. The second-order valence-corrected chi connectivity index (χ2v) is 8.59. The van der Waals surface area contributed by atoms with Gasteiger partial charge in [-0.25, -0.2) is 8.42 Å². The summed E-state index contributed by atoms with van der Waals surface area (Å²) in [6, 6.07) is 13.5. The zero-order valence-electron chi connectivity index (χ0n) is 17.2. The summed E-state index contributed by atoms with van der Waals surface area (Å²) >= 11 is 0. The molecule has 0 unspecified atom stereocenters. The Morgan fingerprint density at radius 1 is 1.07 bits per heavy atom. The standard InChI is InChI=1S/C21H28N2O5S/c1-5-16(2)22-21(24)15-23(14-17-9-7-6-8-10-17)29(25,26)18-11-12-19(27-3)20(13-18)28-4/h6-13,16H,5,14-15H2,1-4H3,(H,22,24)/t16-/m0/s1. The molecule has 0 spiro atoms. The summed E-state index contributed by atoms with van der Waals surface area (Å²) in [5.41, 5.74) is 0.785. The van der Waals surface area contributed by atoms with Gasteiger partial charge in [-0.2, -0.15) is 4.31 Å². The Kier molecular flexibility index (Phi) is 8.04. The first kappa shape index (κ1) is 22.7. The van der Waals surface area contributed by atoms with E-state index in [0.717, 1.165) is 12.0 Å². The molecule has 0 saturated heterocycles. The first-order valence-corrected chi connectivity index (χ1v) is 10.8. The zero-order valence-corrected chi connectivity index (χ0v) is 18.0. The van der Waals surface area contributed by atoms with Crippen LogP contribution in [0, 0.1) is 0 Å². The normalized spacial score (nSPS) is 12.4. The Balaban J connectivity index is 2.38. The summed E-state index contributed by atoms with van der Waals surface area (Å²) in [7, 11) is -1.04. The van der Waals surface area contributed by atoms with Gasteiger partial charge >= 0.3 is 0 Å². The molecule has 0 heterocycles. The van der Waals surface area contributed by atoms with Gasteiger partial charge in [0, 0.05) is 18.7 Å². The van der Waals surface area contributed by atoms with E-state index in [1.807, 2.05) is 44.2 Å². The van der Waals surface area contributed by atoms with Crippen LogP contribution in [0.4, 0.5) is 0 Å². The third kappa shape index (κ3) is 5.95. The van der Waals surface area contributed by atoms with Gasteiger partial charge in [0.25, 0.3) is 0 Å². The van der Waals surface area contributed by atoms with Crippen molar-refractivity contribution in [2.75, 3.05) is 20.8 Å². The number of carbonyl (C=O) groups excluding carboxylic acids is 1. The number of methoxy groups -OCH3 is 2. The van der Waals surface area contributed by atoms with Crippen molar-refractivity contribution in [2.45, 2.75) is 37.8 Å². The first-order chi connectivity index (χ1) is 13.8. The molecule has 1 N–H and O–H groups in total. The molecule has 0 fully saturated rings. The van der Waals surface area contributed by atoms with Crippen LogP contribution in [-0.4, -0.2) is 45.4 Å². The number of rotatable bonds is 10. The maximum absolute atomic E-state index is 13.3. The Labute approximate surface area is 172 Å². The number of nitrogens with zero attached hydrogens (tertiary/aromatic N) is 1. The molecule has 0 aromatic heterocycles. The van der Waals surface area contributed by atoms with Crippen LogP contribution in [0.1, 0.15) is 25.8 Å². The van der Waals surface area contributed by atoms with Gasteiger partial charge in [0.1, 0.15) is 0 Å². The van der Waals surface area contributed by atoms with Crippen molar-refractivity contribution < 1.29 is 22.7 Å². The van der Waals surface area contributed by atoms with Gasteiger partial charge in [-0.15, -0.1) is 0 Å². The largest absolute Gasteiger partial charge is 0.493 e. The molecule has 2 rings (SSSR count). The molecular formula is C21H28N2O5S. The molecule has 0 saturated carbocycles. The van der Waals surface area contributed by atoms with Crippen molar-refractivity contribution in [3.8, 4) is 11.5 Å². The van der Waals surface area contributed by atoms with Gasteiger partial charge in [-0.1, -0.05) is 37.3 Å². The average molecular weight is 421 g/mol. The molecule has 7 nitrogen and oxygen atoms in total. The molecule has 158 valence electrons. The van der Waals surface area contributed by atoms with E-state index in [9.17, 15) is 13.2 Å². The maximum atomic E-state index is 13.3. The first-order valence-electron chi connectivity index (χ1n) is 9.37. The minimum atomic E-state index is -3.96. The predicted molar refractivity (Wildman–Crippen MR) is 111 cm³/mol. The average Bonchev–Trinajstić information content (AvgIpc) is 2.73. The number of amides is 1. The summed E-state index contributed by atoms with van der Waals surface area (Å²) in [5.74, 6) is 0.382. The highest BCUT2D eigenvalue weighted by molar-refractivity contribution is 7.89. The Hall–Kier alpha value is -2.58. The van der Waals surface area contributed by atoms with Gasteiger partial charge in [0.2, 0.25) is 15.9 Å². The molecule has 8 heteroatoms. The van der Waals surface area contributed by atoms with Crippen LogP contribution in [0.25, 0.3) is 0 Å². The van der Waals surface area contributed by atoms with Crippen molar-refractivity contribution in [1.29, 1.82) is 0 Å². The summed E-state index contributed by atoms with van der Waals surface area (Å²) in [6.07, 6.45) is 0.757. The number of ether oxygens (including phenoxy) is 2. The van der Waals surface area contributed by atoms with Crippen molar-refractivity contribution in [2.24, 2.45) is 0 Å². The lowest BCUT2D eigenvalue weighted by atomic mass is 10.2. The van der Waals surface area contributed by atoms with E-state index in [2.05, 4.69) is 5.32 Å². The van der Waals surface area contributed by atoms with Crippen LogP contribution in [0.3, 0.4) is 0 Å². The van der Waals surface area contributed by atoms with Crippen molar-refractivity contribution in [3.63, 3.8) is 0 Å². The van der Waals surface area contributed by atoms with Crippen LogP contribution in [0.2, 0.25) is 0 Å². The SMILES string of the molecule is CC[C@H](C)NC(=O)CN(Cc1ccccc1)S(=O)(=O)c1ccc(OC)c(OC)c1. The molecule has 2 aromatic carbocycles. The van der Waals surface area contributed by atoms with Crippen LogP contribution in [0.5, 0.6) is 11.5 Å². The molecular weight excluding hydrogens is 392 g/mol. The summed E-state index contributed by atoms with van der Waals surface area (Å²) in [5, 5.41) is 2.82. The van der Waals surface area contributed by atoms with Crippen molar-refractivity contribution >= 4 is 15.9 Å². The minimum Gasteiger partial charge on any atom is -0.493 e. The van der Waals surface area contributed by atoms with Gasteiger partial charge < -0.3 is 14.8 Å². The second kappa shape index (κ2) is 10.3. The minimum absolute atomic E-state index is 0.0300. The molecule has 0 bridgehead atoms. The smallest absolute Gasteiger partial charge is 0.243 e. The summed E-state index contributed by atoms with van der Waals surface area (Å²) in [6.45, 7) is 3.62. The fourth-order valence-electron chi connectivity index (χ4n) is 2.72. The van der Waals surface area contributed by atoms with E-state index in [-0.39, 0.29) is 29.9 Å². The van der Waals surface area contributed by atoms with Gasteiger partial charge in [0.15, 0.2) is 11.5 Å². The van der Waals surface area contributed by atoms with E-state index < -0.39 is 10.0 Å². The fourth-order valence-corrected chi connectivity index (χ4v) is 4.12. The van der Waals surface area contributed by atoms with E-state index in [1.165, 1.54) is 36.7 Å². The van der Waals surface area contributed by atoms with Gasteiger partial charge in [-0.3, -0.25) is 4.79 Å². The highest BCUT2D eigenvalue weighted by atomic mass is 32.2. The highest BCUT2D eigenvalue weighted by Crippen LogP contribution is 2.31. The van der Waals surface area contributed by atoms with Crippen LogP contribution >= 0.6 is 0 Å². The molecule has 0 aliphatic rings. The van der Waals surface area contributed by atoms with Crippen LogP contribution in [0.15, 0.2) is 53.4 Å². The second-order valence-electron chi connectivity index (χ2n) is 6.65. The van der Waals surface area contributed by atoms with E-state index in [1.54, 1.807) is 0 Å². The monoisotopic (exact) mass is 420 g/mol. The molecule has 2 aromatic rings. The lowest BCUT2D eigenvalue weighted by Crippen LogP contribution is -2.43. The number of nitrogens with one attached hydrogen (secondary N) is 1. The summed E-state index contributed by atoms with van der Waals surface area (Å²) < 4.78 is 38.3. The van der Waals surface area contributed by atoms with Crippen LogP contribution in [-0.2, 0) is 21.4 Å². The highest BCUT2D eigenvalue weighted by Gasteiger charge is 2.28. The lowest BCUT2D eigenvalue weighted by molar-refractivity contribution is -0.122. The quantitative estimate of drug-likeness (QED) is 0.639. The van der Waals surface area contributed by atoms with Crippen molar-refractivity contribution in [1.82, 2.24) is 9.62 Å². The Bertz CT molecular complexity index is 916. The number of benzene rings is 2. The number of hydrogen-bond donors (Lipinski definition) is 1. The molecule has 29 heavy (non-hydrogen) atoms. The maximum Gasteiger partial charge on any atom is 0.243 e. The number of sulfonamides is 1. The number of hydrogen-bond acceptors (Lipinski definition) is 5. The van der Waals surface area contributed by atoms with Crippen molar-refractivity contribution in [3.05, 3.63) is 54.1 Å². The third-order valence-electron chi connectivity index (χ3n) is 4.53.